The second-order valence-corrected chi connectivity index (χ2v) is 8.97. The van der Waals surface area contributed by atoms with Gasteiger partial charge in [-0.1, -0.05) is 38.1 Å². The van der Waals surface area contributed by atoms with Crippen LogP contribution in [0.25, 0.3) is 0 Å². The minimum absolute atomic E-state index is 0. The molecule has 8 heteroatoms. The number of nitrogens with one attached hydrogen (secondary N) is 2. The Morgan fingerprint density at radius 3 is 2.38 bits per heavy atom. The van der Waals surface area contributed by atoms with Crippen molar-refractivity contribution in [3.05, 3.63) is 35.4 Å². The van der Waals surface area contributed by atoms with E-state index in [1.807, 2.05) is 11.9 Å². The maximum absolute atomic E-state index is 11.8. The number of amides is 1. The van der Waals surface area contributed by atoms with E-state index in [-0.39, 0.29) is 29.9 Å². The molecule has 0 radical (unpaired) electrons. The third kappa shape index (κ3) is 8.51. The molecule has 1 aromatic rings. The molecular weight excluding hydrogens is 517 g/mol. The summed E-state index contributed by atoms with van der Waals surface area (Å²) in [7, 11) is 1.82. The molecular formula is C24H40IN5O2. The summed E-state index contributed by atoms with van der Waals surface area (Å²) in [5, 5.41) is 6.95. The number of aliphatic imine (C=N–C) groups is 1. The fraction of sp³-hybridized carbons (Fsp3) is 0.667. The van der Waals surface area contributed by atoms with Crippen molar-refractivity contribution < 1.29 is 9.53 Å². The Morgan fingerprint density at radius 2 is 1.78 bits per heavy atom. The van der Waals surface area contributed by atoms with Gasteiger partial charge in [-0.25, -0.2) is 0 Å². The number of likely N-dealkylation sites (tertiary alicyclic amines) is 1. The summed E-state index contributed by atoms with van der Waals surface area (Å²) >= 11 is 0. The van der Waals surface area contributed by atoms with Gasteiger partial charge in [0.25, 0.3) is 0 Å². The first-order chi connectivity index (χ1) is 15.0. The van der Waals surface area contributed by atoms with Crippen molar-refractivity contribution in [2.45, 2.75) is 52.2 Å². The molecule has 7 nitrogen and oxygen atoms in total. The first-order valence-corrected chi connectivity index (χ1v) is 11.7. The van der Waals surface area contributed by atoms with Crippen molar-refractivity contribution >= 4 is 35.8 Å². The highest BCUT2D eigenvalue weighted by Crippen LogP contribution is 2.15. The lowest BCUT2D eigenvalue weighted by molar-refractivity contribution is -0.128. The highest BCUT2D eigenvalue weighted by atomic mass is 127. The van der Waals surface area contributed by atoms with Crippen molar-refractivity contribution in [1.82, 2.24) is 20.4 Å². The average molecular weight is 558 g/mol. The molecule has 1 atom stereocenters. The number of morpholine rings is 1. The van der Waals surface area contributed by atoms with Crippen LogP contribution in [-0.4, -0.2) is 74.1 Å². The maximum Gasteiger partial charge on any atom is 0.222 e. The van der Waals surface area contributed by atoms with Crippen molar-refractivity contribution in [3.63, 3.8) is 0 Å². The van der Waals surface area contributed by atoms with Gasteiger partial charge in [0.2, 0.25) is 5.91 Å². The number of halogens is 1. The van der Waals surface area contributed by atoms with Crippen LogP contribution in [0.4, 0.5) is 0 Å². The second-order valence-electron chi connectivity index (χ2n) is 8.97. The Hall–Kier alpha value is -1.39. The lowest BCUT2D eigenvalue weighted by atomic mass is 10.0. The maximum atomic E-state index is 11.8. The summed E-state index contributed by atoms with van der Waals surface area (Å²) in [5.74, 6) is 1.75. The normalized spacial score (nSPS) is 18.6. The smallest absolute Gasteiger partial charge is 0.222 e. The second kappa shape index (κ2) is 14.0. The average Bonchev–Trinajstić information content (AvgIpc) is 3.18. The van der Waals surface area contributed by atoms with E-state index >= 15 is 0 Å². The Morgan fingerprint density at radius 1 is 1.09 bits per heavy atom. The highest BCUT2D eigenvalue weighted by Gasteiger charge is 2.22. The molecule has 2 fully saturated rings. The van der Waals surface area contributed by atoms with Gasteiger partial charge in [0, 0.05) is 58.8 Å². The Balaban J connectivity index is 0.00000363. The van der Waals surface area contributed by atoms with Crippen LogP contribution in [-0.2, 0) is 22.6 Å². The summed E-state index contributed by atoms with van der Waals surface area (Å²) in [4.78, 5) is 20.7. The zero-order valence-electron chi connectivity index (χ0n) is 19.8. The molecule has 180 valence electrons. The molecule has 0 spiro atoms. The summed E-state index contributed by atoms with van der Waals surface area (Å²) in [6, 6.07) is 8.98. The van der Waals surface area contributed by atoms with Crippen LogP contribution in [0.5, 0.6) is 0 Å². The fourth-order valence-corrected chi connectivity index (χ4v) is 4.32. The molecule has 2 heterocycles. The third-order valence-corrected chi connectivity index (χ3v) is 6.06. The monoisotopic (exact) mass is 557 g/mol. The number of benzene rings is 1. The summed E-state index contributed by atoms with van der Waals surface area (Å²) in [5.41, 5.74) is 2.38. The highest BCUT2D eigenvalue weighted by molar-refractivity contribution is 14.0. The number of carbonyl (C=O) groups excluding carboxylic acids is 1. The van der Waals surface area contributed by atoms with Crippen LogP contribution in [0.2, 0.25) is 0 Å². The third-order valence-electron chi connectivity index (χ3n) is 6.06. The Labute approximate surface area is 210 Å². The molecule has 2 saturated heterocycles. The molecule has 0 saturated carbocycles. The van der Waals surface area contributed by atoms with Gasteiger partial charge in [0.15, 0.2) is 5.96 Å². The number of rotatable bonds is 9. The topological polar surface area (TPSA) is 69.2 Å². The summed E-state index contributed by atoms with van der Waals surface area (Å²) < 4.78 is 5.52. The quantitative estimate of drug-likeness (QED) is 0.278. The number of hydrogen-bond acceptors (Lipinski definition) is 4. The van der Waals surface area contributed by atoms with Crippen LogP contribution in [0.3, 0.4) is 0 Å². The van der Waals surface area contributed by atoms with E-state index in [0.29, 0.717) is 24.9 Å². The van der Waals surface area contributed by atoms with Crippen molar-refractivity contribution in [3.8, 4) is 0 Å². The van der Waals surface area contributed by atoms with Gasteiger partial charge in [-0.3, -0.25) is 14.7 Å². The number of hydrogen-bond donors (Lipinski definition) is 2. The van der Waals surface area contributed by atoms with E-state index in [9.17, 15) is 4.79 Å². The molecule has 2 aliphatic rings. The summed E-state index contributed by atoms with van der Waals surface area (Å²) in [6.45, 7) is 11.4. The first-order valence-electron chi connectivity index (χ1n) is 11.7. The molecule has 0 aliphatic carbocycles. The molecule has 1 aromatic carbocycles. The molecule has 0 bridgehead atoms. The first kappa shape index (κ1) is 26.9. The zero-order valence-corrected chi connectivity index (χ0v) is 22.1. The standard InChI is InChI=1S/C24H39N5O2.HI/c1-19(2)15-22(28-11-13-31-14-12-28)17-27-24(25-3)26-16-20-6-8-21(9-7-20)18-29-10-4-5-23(29)30;/h6-9,19,22H,4-5,10-18H2,1-3H3,(H2,25,26,27);1H. The van der Waals surface area contributed by atoms with E-state index in [4.69, 9.17) is 4.74 Å². The minimum atomic E-state index is 0. The minimum Gasteiger partial charge on any atom is -0.379 e. The SMILES string of the molecule is CN=C(NCc1ccc(CN2CCCC2=O)cc1)NCC(CC(C)C)N1CCOCC1.I. The van der Waals surface area contributed by atoms with Crippen LogP contribution in [0.15, 0.2) is 29.3 Å². The Kier molecular flexibility index (Phi) is 11.7. The molecule has 1 amide bonds. The number of nitrogens with zero attached hydrogens (tertiary/aromatic N) is 3. The number of ether oxygens (including phenoxy) is 1. The molecule has 0 aromatic heterocycles. The lowest BCUT2D eigenvalue weighted by Crippen LogP contribution is -2.50. The van der Waals surface area contributed by atoms with Gasteiger partial charge in [0.05, 0.1) is 13.2 Å². The van der Waals surface area contributed by atoms with Crippen molar-refractivity contribution in [1.29, 1.82) is 0 Å². The van der Waals surface area contributed by atoms with Gasteiger partial charge in [0.1, 0.15) is 0 Å². The van der Waals surface area contributed by atoms with Gasteiger partial charge in [-0.15, -0.1) is 24.0 Å². The van der Waals surface area contributed by atoms with Crippen LogP contribution >= 0.6 is 24.0 Å². The fourth-order valence-electron chi connectivity index (χ4n) is 4.32. The lowest BCUT2D eigenvalue weighted by Gasteiger charge is -2.35. The predicted molar refractivity (Wildman–Crippen MR) is 140 cm³/mol. The van der Waals surface area contributed by atoms with E-state index < -0.39 is 0 Å². The molecule has 3 rings (SSSR count). The van der Waals surface area contributed by atoms with Crippen molar-refractivity contribution in [2.75, 3.05) is 46.4 Å². The predicted octanol–water partition coefficient (Wildman–Crippen LogP) is 2.84. The van der Waals surface area contributed by atoms with Gasteiger partial charge in [-0.2, -0.15) is 0 Å². The molecule has 2 N–H and O–H groups in total. The van der Waals surface area contributed by atoms with Gasteiger partial charge < -0.3 is 20.3 Å². The molecule has 1 unspecified atom stereocenters. The van der Waals surface area contributed by atoms with Crippen LogP contribution < -0.4 is 10.6 Å². The van der Waals surface area contributed by atoms with Crippen LogP contribution in [0, 0.1) is 5.92 Å². The van der Waals surface area contributed by atoms with E-state index in [1.54, 1.807) is 0 Å². The van der Waals surface area contributed by atoms with E-state index in [2.05, 4.69) is 58.6 Å². The zero-order chi connectivity index (χ0) is 22.1. The van der Waals surface area contributed by atoms with Crippen molar-refractivity contribution in [2.24, 2.45) is 10.9 Å². The largest absolute Gasteiger partial charge is 0.379 e. The molecule has 32 heavy (non-hydrogen) atoms. The molecule has 2 aliphatic heterocycles. The van der Waals surface area contributed by atoms with E-state index in [1.165, 1.54) is 11.1 Å². The number of guanidine groups is 1. The number of carbonyl (C=O) groups is 1. The van der Waals surface area contributed by atoms with Gasteiger partial charge >= 0.3 is 0 Å². The van der Waals surface area contributed by atoms with Crippen LogP contribution in [0.1, 0.15) is 44.2 Å². The van der Waals surface area contributed by atoms with E-state index in [0.717, 1.165) is 64.7 Å². The van der Waals surface area contributed by atoms with Gasteiger partial charge in [-0.05, 0) is 29.9 Å². The Bertz CT molecular complexity index is 720. The summed E-state index contributed by atoms with van der Waals surface area (Å²) in [6.07, 6.45) is 2.83.